The van der Waals surface area contributed by atoms with Crippen LogP contribution >= 0.6 is 0 Å². The quantitative estimate of drug-likeness (QED) is 0.480. The first kappa shape index (κ1) is 7.87. The van der Waals surface area contributed by atoms with Gasteiger partial charge in [-0.15, -0.1) is 0 Å². The molecule has 0 unspecified atom stereocenters. The van der Waals surface area contributed by atoms with E-state index in [-0.39, 0.29) is 6.61 Å². The predicted molar refractivity (Wildman–Crippen MR) is 42.3 cm³/mol. The van der Waals surface area contributed by atoms with Crippen molar-refractivity contribution in [1.82, 2.24) is 9.89 Å². The Bertz CT molecular complexity index is 255. The first-order chi connectivity index (χ1) is 5.16. The number of hydrogen-bond acceptors (Lipinski definition) is 4. The number of aromatic nitrogens is 2. The van der Waals surface area contributed by atoms with E-state index in [4.69, 9.17) is 16.7 Å². The molecule has 5 heteroatoms. The summed E-state index contributed by atoms with van der Waals surface area (Å²) in [6.07, 6.45) is 0.509. The van der Waals surface area contributed by atoms with Crippen molar-refractivity contribution < 1.29 is 5.11 Å². The number of aryl methyl sites for hydroxylation is 1. The van der Waals surface area contributed by atoms with Crippen LogP contribution < -0.4 is 11.6 Å². The molecule has 0 aliphatic heterocycles. The number of rotatable bonds is 2. The highest BCUT2D eigenvalue weighted by atomic mass is 16.3. The second-order valence-corrected chi connectivity index (χ2v) is 2.37. The van der Waals surface area contributed by atoms with E-state index >= 15 is 0 Å². The maximum Gasteiger partial charge on any atom is 0.148 e. The summed E-state index contributed by atoms with van der Waals surface area (Å²) in [5.74, 6) is 5.80. The Balaban J connectivity index is 3.02. The van der Waals surface area contributed by atoms with Gasteiger partial charge in [-0.25, -0.2) is 0 Å². The summed E-state index contributed by atoms with van der Waals surface area (Å²) >= 11 is 0. The maximum absolute atomic E-state index is 8.64. The van der Waals surface area contributed by atoms with Crippen LogP contribution in [0.3, 0.4) is 0 Å². The van der Waals surface area contributed by atoms with Crippen LogP contribution in [0.25, 0.3) is 0 Å². The summed E-state index contributed by atoms with van der Waals surface area (Å²) in [6.45, 7) is 1.88. The van der Waals surface area contributed by atoms with Gasteiger partial charge in [0.15, 0.2) is 0 Å². The number of nitrogens with zero attached hydrogens (tertiary/aromatic N) is 2. The van der Waals surface area contributed by atoms with Crippen LogP contribution in [-0.4, -0.2) is 21.6 Å². The topological polar surface area (TPSA) is 90.1 Å². The summed E-state index contributed by atoms with van der Waals surface area (Å²) in [5, 5.41) is 12.5. The van der Waals surface area contributed by atoms with Gasteiger partial charge >= 0.3 is 0 Å². The van der Waals surface area contributed by atoms with E-state index < -0.39 is 0 Å². The lowest BCUT2D eigenvalue weighted by molar-refractivity contribution is 0.299. The lowest BCUT2D eigenvalue weighted by atomic mass is 10.2. The van der Waals surface area contributed by atoms with Gasteiger partial charge in [-0.1, -0.05) is 0 Å². The zero-order valence-electron chi connectivity index (χ0n) is 6.41. The van der Waals surface area contributed by atoms with Crippen molar-refractivity contribution in [3.05, 3.63) is 11.3 Å². The normalized spacial score (nSPS) is 10.4. The summed E-state index contributed by atoms with van der Waals surface area (Å²) < 4.78 is 0. The average molecular weight is 156 g/mol. The third kappa shape index (κ3) is 1.27. The standard InChI is InChI=1S/C6H12N4O/c1-4-5(2-3-11)6(7)10(8)9-4/h11H,2-3,7-8H2,1H3. The van der Waals surface area contributed by atoms with Crippen LogP contribution in [-0.2, 0) is 6.42 Å². The molecule has 1 rings (SSSR count). The van der Waals surface area contributed by atoms with Gasteiger partial charge in [0.05, 0.1) is 5.69 Å². The van der Waals surface area contributed by atoms with Crippen LogP contribution in [0.1, 0.15) is 11.3 Å². The molecule has 62 valence electrons. The molecule has 1 aromatic rings. The molecule has 0 radical (unpaired) electrons. The van der Waals surface area contributed by atoms with Crippen LogP contribution in [0.5, 0.6) is 0 Å². The summed E-state index contributed by atoms with van der Waals surface area (Å²) in [7, 11) is 0. The van der Waals surface area contributed by atoms with Crippen LogP contribution in [0.15, 0.2) is 0 Å². The molecule has 0 saturated carbocycles. The molecule has 0 aliphatic carbocycles. The first-order valence-electron chi connectivity index (χ1n) is 3.36. The number of hydrogen-bond donors (Lipinski definition) is 3. The number of aliphatic hydroxyl groups excluding tert-OH is 1. The molecule has 0 aromatic carbocycles. The maximum atomic E-state index is 8.64. The molecule has 5 nitrogen and oxygen atoms in total. The number of nitrogen functional groups attached to an aromatic ring is 2. The molecule has 1 aromatic heterocycles. The number of anilines is 1. The molecule has 0 aliphatic rings. The highest BCUT2D eigenvalue weighted by Crippen LogP contribution is 2.13. The Labute approximate surface area is 64.6 Å². The minimum Gasteiger partial charge on any atom is -0.396 e. The molecular formula is C6H12N4O. The lowest BCUT2D eigenvalue weighted by Crippen LogP contribution is -2.13. The van der Waals surface area contributed by atoms with Gasteiger partial charge in [-0.2, -0.15) is 9.89 Å². The average Bonchev–Trinajstić information content (AvgIpc) is 2.17. The van der Waals surface area contributed by atoms with Crippen molar-refractivity contribution in [3.8, 4) is 0 Å². The van der Waals surface area contributed by atoms with Crippen molar-refractivity contribution in [3.63, 3.8) is 0 Å². The van der Waals surface area contributed by atoms with Gasteiger partial charge < -0.3 is 16.7 Å². The van der Waals surface area contributed by atoms with Gasteiger partial charge in [0.25, 0.3) is 0 Å². The monoisotopic (exact) mass is 156 g/mol. The van der Waals surface area contributed by atoms with Crippen LogP contribution in [0.2, 0.25) is 0 Å². The summed E-state index contributed by atoms with van der Waals surface area (Å²) in [4.78, 5) is 1.13. The van der Waals surface area contributed by atoms with E-state index in [1.165, 1.54) is 0 Å². The Hall–Kier alpha value is -1.23. The molecule has 0 amide bonds. The van der Waals surface area contributed by atoms with Gasteiger partial charge in [-0.3, -0.25) is 0 Å². The Morgan fingerprint density at radius 2 is 2.27 bits per heavy atom. The smallest absolute Gasteiger partial charge is 0.148 e. The molecule has 0 spiro atoms. The van der Waals surface area contributed by atoms with E-state index in [0.29, 0.717) is 12.2 Å². The van der Waals surface area contributed by atoms with E-state index in [2.05, 4.69) is 5.10 Å². The zero-order chi connectivity index (χ0) is 8.43. The van der Waals surface area contributed by atoms with E-state index in [9.17, 15) is 0 Å². The van der Waals surface area contributed by atoms with E-state index in [1.807, 2.05) is 6.92 Å². The van der Waals surface area contributed by atoms with Crippen LogP contribution in [0.4, 0.5) is 5.82 Å². The van der Waals surface area contributed by atoms with Crippen LogP contribution in [0, 0.1) is 6.92 Å². The fourth-order valence-electron chi connectivity index (χ4n) is 1.02. The Morgan fingerprint density at radius 3 is 2.64 bits per heavy atom. The first-order valence-corrected chi connectivity index (χ1v) is 3.36. The Kier molecular flexibility index (Phi) is 2.00. The predicted octanol–water partition coefficient (Wildman–Crippen LogP) is -0.978. The van der Waals surface area contributed by atoms with Crippen molar-refractivity contribution in [2.75, 3.05) is 18.2 Å². The molecule has 1 heterocycles. The molecule has 0 atom stereocenters. The highest BCUT2D eigenvalue weighted by Gasteiger charge is 2.08. The fourth-order valence-corrected chi connectivity index (χ4v) is 1.02. The minimum absolute atomic E-state index is 0.0662. The second-order valence-electron chi connectivity index (χ2n) is 2.37. The number of aliphatic hydroxyl groups is 1. The summed E-state index contributed by atoms with van der Waals surface area (Å²) in [5.41, 5.74) is 7.16. The number of nitrogens with two attached hydrogens (primary N) is 2. The van der Waals surface area contributed by atoms with Crippen molar-refractivity contribution in [2.24, 2.45) is 0 Å². The van der Waals surface area contributed by atoms with Crippen molar-refractivity contribution in [1.29, 1.82) is 0 Å². The van der Waals surface area contributed by atoms with E-state index in [0.717, 1.165) is 16.0 Å². The van der Waals surface area contributed by atoms with Gasteiger partial charge in [0.2, 0.25) is 0 Å². The second kappa shape index (κ2) is 2.79. The molecule has 5 N–H and O–H groups in total. The third-order valence-corrected chi connectivity index (χ3v) is 1.61. The van der Waals surface area contributed by atoms with Gasteiger partial charge in [-0.05, 0) is 6.92 Å². The Morgan fingerprint density at radius 1 is 1.64 bits per heavy atom. The zero-order valence-corrected chi connectivity index (χ0v) is 6.41. The molecule has 11 heavy (non-hydrogen) atoms. The van der Waals surface area contributed by atoms with Gasteiger partial charge in [0.1, 0.15) is 5.82 Å². The van der Waals surface area contributed by atoms with Gasteiger partial charge in [0, 0.05) is 18.6 Å². The SMILES string of the molecule is Cc1nn(N)c(N)c1CCO. The lowest BCUT2D eigenvalue weighted by Gasteiger charge is -1.96. The summed E-state index contributed by atoms with van der Waals surface area (Å²) in [6, 6.07) is 0. The largest absolute Gasteiger partial charge is 0.396 e. The van der Waals surface area contributed by atoms with Crippen molar-refractivity contribution in [2.45, 2.75) is 13.3 Å². The minimum atomic E-state index is 0.0662. The molecule has 0 saturated heterocycles. The third-order valence-electron chi connectivity index (χ3n) is 1.61. The fraction of sp³-hybridized carbons (Fsp3) is 0.500. The molecule has 0 bridgehead atoms. The van der Waals surface area contributed by atoms with Crippen molar-refractivity contribution >= 4 is 5.82 Å². The van der Waals surface area contributed by atoms with E-state index in [1.54, 1.807) is 0 Å². The molecular weight excluding hydrogens is 144 g/mol. The highest BCUT2D eigenvalue weighted by molar-refractivity contribution is 5.43. The molecule has 0 fully saturated rings.